The summed E-state index contributed by atoms with van der Waals surface area (Å²) in [6.07, 6.45) is 5.25. The standard InChI is InChI=1S/C28H36FNO6/c1-18-24(33-3)16-23(25(29)26(18)34-4)22-10-9-20(15-19(22)17-36-21-7-5-6-8-21)30(2)28(27(31)32)11-13-35-14-12-28/h9-10,15-16,21H,5-8,11-14,17H2,1-4H3,(H,31,32). The Morgan fingerprint density at radius 2 is 1.83 bits per heavy atom. The minimum absolute atomic E-state index is 0.139. The fraction of sp³-hybridized carbons (Fsp3) is 0.536. The Morgan fingerprint density at radius 3 is 2.44 bits per heavy atom. The van der Waals surface area contributed by atoms with E-state index in [2.05, 4.69) is 0 Å². The second-order valence-electron chi connectivity index (χ2n) is 9.67. The molecule has 1 heterocycles. The Labute approximate surface area is 212 Å². The highest BCUT2D eigenvalue weighted by Gasteiger charge is 2.44. The zero-order valence-corrected chi connectivity index (χ0v) is 21.6. The van der Waals surface area contributed by atoms with Gasteiger partial charge in [0.2, 0.25) is 0 Å². The van der Waals surface area contributed by atoms with Gasteiger partial charge >= 0.3 is 5.97 Å². The van der Waals surface area contributed by atoms with Crippen LogP contribution in [0.25, 0.3) is 11.1 Å². The third-order valence-electron chi connectivity index (χ3n) is 7.75. The van der Waals surface area contributed by atoms with Gasteiger partial charge in [0.05, 0.1) is 26.9 Å². The highest BCUT2D eigenvalue weighted by Crippen LogP contribution is 2.41. The molecule has 0 spiro atoms. The number of carboxylic acids is 1. The Kier molecular flexibility index (Phi) is 8.05. The normalized spacial score (nSPS) is 17.7. The van der Waals surface area contributed by atoms with Crippen molar-refractivity contribution in [3.8, 4) is 22.6 Å². The van der Waals surface area contributed by atoms with Crippen molar-refractivity contribution >= 4 is 11.7 Å². The summed E-state index contributed by atoms with van der Waals surface area (Å²) in [5.41, 5.74) is 2.06. The molecule has 1 saturated heterocycles. The molecule has 7 nitrogen and oxygen atoms in total. The molecule has 1 aliphatic carbocycles. The Bertz CT molecular complexity index is 1090. The molecule has 0 amide bonds. The third-order valence-corrected chi connectivity index (χ3v) is 7.75. The van der Waals surface area contributed by atoms with E-state index in [1.54, 1.807) is 27.1 Å². The zero-order valence-electron chi connectivity index (χ0n) is 21.6. The van der Waals surface area contributed by atoms with Gasteiger partial charge in [0.25, 0.3) is 0 Å². The van der Waals surface area contributed by atoms with Crippen LogP contribution in [0.15, 0.2) is 24.3 Å². The first-order valence-corrected chi connectivity index (χ1v) is 12.5. The lowest BCUT2D eigenvalue weighted by Gasteiger charge is -2.42. The summed E-state index contributed by atoms with van der Waals surface area (Å²) in [6.45, 7) is 2.83. The minimum atomic E-state index is -1.06. The topological polar surface area (TPSA) is 77.5 Å². The monoisotopic (exact) mass is 501 g/mol. The molecule has 0 aromatic heterocycles. The van der Waals surface area contributed by atoms with E-state index in [0.717, 1.165) is 36.9 Å². The second kappa shape index (κ2) is 11.0. The molecule has 2 aromatic rings. The molecule has 36 heavy (non-hydrogen) atoms. The van der Waals surface area contributed by atoms with E-state index in [9.17, 15) is 9.90 Å². The van der Waals surface area contributed by atoms with Crippen molar-refractivity contribution in [2.75, 3.05) is 39.4 Å². The quantitative estimate of drug-likeness (QED) is 0.496. The van der Waals surface area contributed by atoms with Crippen molar-refractivity contribution in [2.24, 2.45) is 0 Å². The van der Waals surface area contributed by atoms with E-state index < -0.39 is 17.3 Å². The Hall–Kier alpha value is -2.84. The number of halogens is 1. The second-order valence-corrected chi connectivity index (χ2v) is 9.67. The number of ether oxygens (including phenoxy) is 4. The number of aliphatic carboxylic acids is 1. The predicted octanol–water partition coefficient (Wildman–Crippen LogP) is 5.35. The van der Waals surface area contributed by atoms with Crippen LogP contribution in [-0.4, -0.2) is 57.2 Å². The maximum Gasteiger partial charge on any atom is 0.329 e. The third kappa shape index (κ3) is 4.89. The lowest BCUT2D eigenvalue weighted by molar-refractivity contribution is -0.147. The van der Waals surface area contributed by atoms with Crippen molar-refractivity contribution in [1.82, 2.24) is 0 Å². The van der Waals surface area contributed by atoms with Crippen LogP contribution in [0.3, 0.4) is 0 Å². The van der Waals surface area contributed by atoms with Crippen LogP contribution in [0, 0.1) is 12.7 Å². The number of carboxylic acid groups (broad SMARTS) is 1. The van der Waals surface area contributed by atoms with Gasteiger partial charge in [-0.1, -0.05) is 18.9 Å². The van der Waals surface area contributed by atoms with Gasteiger partial charge in [-0.3, -0.25) is 0 Å². The fourth-order valence-electron chi connectivity index (χ4n) is 5.43. The predicted molar refractivity (Wildman–Crippen MR) is 136 cm³/mol. The molecule has 2 aliphatic rings. The van der Waals surface area contributed by atoms with Gasteiger partial charge in [-0.2, -0.15) is 0 Å². The summed E-state index contributed by atoms with van der Waals surface area (Å²) < 4.78 is 38.2. The highest BCUT2D eigenvalue weighted by molar-refractivity contribution is 5.84. The number of carbonyl (C=O) groups is 1. The van der Waals surface area contributed by atoms with E-state index in [0.29, 0.717) is 55.1 Å². The lowest BCUT2D eigenvalue weighted by Crippen LogP contribution is -2.56. The highest BCUT2D eigenvalue weighted by atomic mass is 19.1. The van der Waals surface area contributed by atoms with Crippen LogP contribution in [0.2, 0.25) is 0 Å². The Balaban J connectivity index is 1.79. The van der Waals surface area contributed by atoms with E-state index in [-0.39, 0.29) is 11.9 Å². The fourth-order valence-corrected chi connectivity index (χ4v) is 5.43. The molecule has 0 bridgehead atoms. The van der Waals surface area contributed by atoms with Gasteiger partial charge in [-0.05, 0) is 49.1 Å². The summed E-state index contributed by atoms with van der Waals surface area (Å²) >= 11 is 0. The molecule has 4 rings (SSSR count). The molecule has 0 atom stereocenters. The van der Waals surface area contributed by atoms with Crippen LogP contribution in [-0.2, 0) is 20.9 Å². The molecule has 1 saturated carbocycles. The zero-order chi connectivity index (χ0) is 25.9. The molecule has 1 aliphatic heterocycles. The van der Waals surface area contributed by atoms with Crippen LogP contribution in [0.4, 0.5) is 10.1 Å². The van der Waals surface area contributed by atoms with Crippen molar-refractivity contribution in [1.29, 1.82) is 0 Å². The smallest absolute Gasteiger partial charge is 0.329 e. The van der Waals surface area contributed by atoms with Gasteiger partial charge in [0.1, 0.15) is 11.3 Å². The van der Waals surface area contributed by atoms with Crippen LogP contribution < -0.4 is 14.4 Å². The number of rotatable bonds is 9. The molecule has 1 N–H and O–H groups in total. The molecule has 2 fully saturated rings. The molecular weight excluding hydrogens is 465 g/mol. The van der Waals surface area contributed by atoms with Gasteiger partial charge < -0.3 is 29.0 Å². The maximum absolute atomic E-state index is 15.7. The lowest BCUT2D eigenvalue weighted by atomic mass is 9.87. The number of nitrogens with zero attached hydrogens (tertiary/aromatic N) is 1. The van der Waals surface area contributed by atoms with E-state index in [4.69, 9.17) is 18.9 Å². The van der Waals surface area contributed by atoms with E-state index in [1.807, 2.05) is 23.1 Å². The van der Waals surface area contributed by atoms with Crippen molar-refractivity contribution < 1.29 is 33.2 Å². The van der Waals surface area contributed by atoms with Crippen LogP contribution in [0.1, 0.15) is 49.7 Å². The average Bonchev–Trinajstić information content (AvgIpc) is 3.42. The summed E-state index contributed by atoms with van der Waals surface area (Å²) in [6, 6.07) is 7.28. The molecule has 196 valence electrons. The van der Waals surface area contributed by atoms with Gasteiger partial charge in [0.15, 0.2) is 11.6 Å². The number of hydrogen-bond donors (Lipinski definition) is 1. The maximum atomic E-state index is 15.7. The Morgan fingerprint density at radius 1 is 1.14 bits per heavy atom. The molecule has 8 heteroatoms. The summed E-state index contributed by atoms with van der Waals surface area (Å²) in [4.78, 5) is 14.2. The van der Waals surface area contributed by atoms with Crippen LogP contribution >= 0.6 is 0 Å². The molecular formula is C28H36FNO6. The van der Waals surface area contributed by atoms with Crippen LogP contribution in [0.5, 0.6) is 11.5 Å². The largest absolute Gasteiger partial charge is 0.496 e. The minimum Gasteiger partial charge on any atom is -0.496 e. The van der Waals surface area contributed by atoms with E-state index in [1.165, 1.54) is 7.11 Å². The number of methoxy groups -OCH3 is 2. The van der Waals surface area contributed by atoms with Gasteiger partial charge in [-0.25, -0.2) is 9.18 Å². The summed E-state index contributed by atoms with van der Waals surface area (Å²) in [7, 11) is 4.79. The molecule has 0 radical (unpaired) electrons. The number of anilines is 1. The number of likely N-dealkylation sites (N-methyl/N-ethyl adjacent to an activating group) is 1. The SMILES string of the molecule is COc1cc(-c2ccc(N(C)C3(C(=O)O)CCOCC3)cc2COC2CCCC2)c(F)c(OC)c1C. The average molecular weight is 502 g/mol. The first-order chi connectivity index (χ1) is 17.3. The first kappa shape index (κ1) is 26.2. The summed E-state index contributed by atoms with van der Waals surface area (Å²) in [5.74, 6) is -0.676. The first-order valence-electron chi connectivity index (χ1n) is 12.5. The molecule has 2 aromatic carbocycles. The van der Waals surface area contributed by atoms with Gasteiger partial charge in [0, 0.05) is 49.9 Å². The summed E-state index contributed by atoms with van der Waals surface area (Å²) in [5, 5.41) is 10.1. The number of benzene rings is 2. The van der Waals surface area contributed by atoms with Crippen molar-refractivity contribution in [2.45, 2.75) is 63.7 Å². The van der Waals surface area contributed by atoms with Crippen molar-refractivity contribution in [3.05, 3.63) is 41.2 Å². The van der Waals surface area contributed by atoms with E-state index >= 15 is 4.39 Å². The van der Waals surface area contributed by atoms with Crippen molar-refractivity contribution in [3.63, 3.8) is 0 Å². The number of hydrogen-bond acceptors (Lipinski definition) is 6. The van der Waals surface area contributed by atoms with Gasteiger partial charge in [-0.15, -0.1) is 0 Å². The molecule has 0 unspecified atom stereocenters.